The first-order valence-corrected chi connectivity index (χ1v) is 5.95. The van der Waals surface area contributed by atoms with Crippen LogP contribution in [-0.2, 0) is 0 Å². The number of anilines is 1. The molecular formula is C13H21N3O. The highest BCUT2D eigenvalue weighted by atomic mass is 16.5. The lowest BCUT2D eigenvalue weighted by Crippen LogP contribution is -2.12. The number of aryl methyl sites for hydroxylation is 1. The SMILES string of the molecule is COc1cc(NC2C(C)(C)C2(C)C)nc(C)n1. The molecule has 0 aliphatic heterocycles. The van der Waals surface area contributed by atoms with Crippen molar-refractivity contribution in [1.82, 2.24) is 9.97 Å². The van der Waals surface area contributed by atoms with Crippen LogP contribution in [0.4, 0.5) is 5.82 Å². The predicted molar refractivity (Wildman–Crippen MR) is 68.3 cm³/mol. The number of hydrogen-bond donors (Lipinski definition) is 1. The Balaban J connectivity index is 2.18. The van der Waals surface area contributed by atoms with E-state index in [4.69, 9.17) is 4.74 Å². The summed E-state index contributed by atoms with van der Waals surface area (Å²) < 4.78 is 5.15. The van der Waals surface area contributed by atoms with Crippen LogP contribution < -0.4 is 10.1 Å². The average Bonchev–Trinajstić information content (AvgIpc) is 2.60. The van der Waals surface area contributed by atoms with E-state index in [2.05, 4.69) is 43.0 Å². The highest BCUT2D eigenvalue weighted by Gasteiger charge is 2.65. The van der Waals surface area contributed by atoms with Gasteiger partial charge in [0, 0.05) is 12.1 Å². The fourth-order valence-electron chi connectivity index (χ4n) is 2.42. The second kappa shape index (κ2) is 3.59. The first-order valence-electron chi connectivity index (χ1n) is 5.95. The van der Waals surface area contributed by atoms with Crippen molar-refractivity contribution in [3.05, 3.63) is 11.9 Å². The molecule has 1 N–H and O–H groups in total. The summed E-state index contributed by atoms with van der Waals surface area (Å²) in [7, 11) is 1.62. The molecule has 1 aliphatic rings. The Morgan fingerprint density at radius 1 is 1.18 bits per heavy atom. The van der Waals surface area contributed by atoms with Crippen molar-refractivity contribution >= 4 is 5.82 Å². The second-order valence-electron chi connectivity index (χ2n) is 5.86. The number of methoxy groups -OCH3 is 1. The minimum Gasteiger partial charge on any atom is -0.481 e. The molecule has 0 saturated heterocycles. The van der Waals surface area contributed by atoms with Crippen molar-refractivity contribution in [1.29, 1.82) is 0 Å². The average molecular weight is 235 g/mol. The zero-order chi connectivity index (χ0) is 12.8. The molecule has 1 aliphatic carbocycles. The van der Waals surface area contributed by atoms with Crippen molar-refractivity contribution in [3.63, 3.8) is 0 Å². The normalized spacial score (nSPS) is 21.1. The van der Waals surface area contributed by atoms with Crippen LogP contribution in [0, 0.1) is 17.8 Å². The predicted octanol–water partition coefficient (Wildman–Crippen LogP) is 2.64. The molecule has 17 heavy (non-hydrogen) atoms. The van der Waals surface area contributed by atoms with Crippen LogP contribution in [0.5, 0.6) is 5.88 Å². The van der Waals surface area contributed by atoms with E-state index in [1.165, 1.54) is 0 Å². The number of nitrogens with zero attached hydrogens (tertiary/aromatic N) is 2. The van der Waals surface area contributed by atoms with E-state index in [-0.39, 0.29) is 0 Å². The van der Waals surface area contributed by atoms with E-state index >= 15 is 0 Å². The number of ether oxygens (including phenoxy) is 1. The lowest BCUT2D eigenvalue weighted by atomic mass is 10.0. The van der Waals surface area contributed by atoms with Gasteiger partial charge >= 0.3 is 0 Å². The van der Waals surface area contributed by atoms with Gasteiger partial charge in [0.05, 0.1) is 7.11 Å². The largest absolute Gasteiger partial charge is 0.481 e. The van der Waals surface area contributed by atoms with Crippen LogP contribution in [0.3, 0.4) is 0 Å². The molecule has 1 aromatic rings. The molecule has 0 aromatic carbocycles. The molecule has 0 amide bonds. The fourth-order valence-corrected chi connectivity index (χ4v) is 2.42. The van der Waals surface area contributed by atoms with Crippen molar-refractivity contribution in [2.75, 3.05) is 12.4 Å². The first kappa shape index (κ1) is 12.1. The Bertz CT molecular complexity index is 426. The zero-order valence-electron chi connectivity index (χ0n) is 11.5. The van der Waals surface area contributed by atoms with E-state index in [0.29, 0.717) is 22.8 Å². The number of hydrogen-bond acceptors (Lipinski definition) is 4. The van der Waals surface area contributed by atoms with E-state index in [1.807, 2.05) is 13.0 Å². The maximum atomic E-state index is 5.15. The summed E-state index contributed by atoms with van der Waals surface area (Å²) in [6.07, 6.45) is 0. The van der Waals surface area contributed by atoms with Crippen LogP contribution in [0.2, 0.25) is 0 Å². The molecule has 0 bridgehead atoms. The van der Waals surface area contributed by atoms with Crippen molar-refractivity contribution in [2.24, 2.45) is 10.8 Å². The molecule has 2 rings (SSSR count). The zero-order valence-corrected chi connectivity index (χ0v) is 11.5. The summed E-state index contributed by atoms with van der Waals surface area (Å²) in [6.45, 7) is 11.0. The summed E-state index contributed by atoms with van der Waals surface area (Å²) >= 11 is 0. The number of rotatable bonds is 3. The maximum absolute atomic E-state index is 5.15. The highest BCUT2D eigenvalue weighted by molar-refractivity contribution is 5.44. The van der Waals surface area contributed by atoms with Gasteiger partial charge in [0.25, 0.3) is 0 Å². The lowest BCUT2D eigenvalue weighted by molar-refractivity contribution is 0.396. The smallest absolute Gasteiger partial charge is 0.218 e. The van der Waals surface area contributed by atoms with Gasteiger partial charge in [-0.2, -0.15) is 4.98 Å². The van der Waals surface area contributed by atoms with E-state index in [1.54, 1.807) is 7.11 Å². The topological polar surface area (TPSA) is 47.0 Å². The van der Waals surface area contributed by atoms with Gasteiger partial charge in [-0.25, -0.2) is 4.98 Å². The van der Waals surface area contributed by atoms with Gasteiger partial charge < -0.3 is 10.1 Å². The van der Waals surface area contributed by atoms with Crippen LogP contribution in [0.1, 0.15) is 33.5 Å². The van der Waals surface area contributed by atoms with Crippen molar-refractivity contribution in [2.45, 2.75) is 40.7 Å². The Kier molecular flexibility index (Phi) is 2.56. The lowest BCUT2D eigenvalue weighted by Gasteiger charge is -2.09. The Hall–Kier alpha value is -1.32. The van der Waals surface area contributed by atoms with Crippen molar-refractivity contribution in [3.8, 4) is 5.88 Å². The number of nitrogens with one attached hydrogen (secondary N) is 1. The van der Waals surface area contributed by atoms with Gasteiger partial charge in [0.15, 0.2) is 0 Å². The summed E-state index contributed by atoms with van der Waals surface area (Å²) in [5, 5.41) is 3.48. The second-order valence-corrected chi connectivity index (χ2v) is 5.86. The Labute approximate surface area is 103 Å². The third kappa shape index (κ3) is 1.85. The maximum Gasteiger partial charge on any atom is 0.218 e. The van der Waals surface area contributed by atoms with Crippen LogP contribution in [0.15, 0.2) is 6.07 Å². The van der Waals surface area contributed by atoms with Gasteiger partial charge in [-0.05, 0) is 17.8 Å². The highest BCUT2D eigenvalue weighted by Crippen LogP contribution is 2.63. The molecule has 94 valence electrons. The summed E-state index contributed by atoms with van der Waals surface area (Å²) in [5.74, 6) is 2.18. The summed E-state index contributed by atoms with van der Waals surface area (Å²) in [6, 6.07) is 2.28. The molecule has 1 saturated carbocycles. The third-order valence-electron chi connectivity index (χ3n) is 4.34. The van der Waals surface area contributed by atoms with E-state index in [0.717, 1.165) is 11.6 Å². The summed E-state index contributed by atoms with van der Waals surface area (Å²) in [5.41, 5.74) is 0.582. The molecule has 0 atom stereocenters. The van der Waals surface area contributed by atoms with Crippen molar-refractivity contribution < 1.29 is 4.74 Å². The van der Waals surface area contributed by atoms with Gasteiger partial charge in [-0.15, -0.1) is 0 Å². The van der Waals surface area contributed by atoms with Gasteiger partial charge in [0.2, 0.25) is 5.88 Å². The number of aromatic nitrogens is 2. The molecule has 4 heteroatoms. The summed E-state index contributed by atoms with van der Waals surface area (Å²) in [4.78, 5) is 8.57. The first-order chi connectivity index (χ1) is 7.79. The van der Waals surface area contributed by atoms with Crippen LogP contribution in [0.25, 0.3) is 0 Å². The molecule has 4 nitrogen and oxygen atoms in total. The fraction of sp³-hybridized carbons (Fsp3) is 0.692. The van der Waals surface area contributed by atoms with Gasteiger partial charge in [0.1, 0.15) is 11.6 Å². The quantitative estimate of drug-likeness (QED) is 0.875. The van der Waals surface area contributed by atoms with E-state index in [9.17, 15) is 0 Å². The van der Waals surface area contributed by atoms with Gasteiger partial charge in [-0.1, -0.05) is 27.7 Å². The van der Waals surface area contributed by atoms with Gasteiger partial charge in [-0.3, -0.25) is 0 Å². The molecular weight excluding hydrogens is 214 g/mol. The minimum absolute atomic E-state index is 0.291. The molecule has 1 aromatic heterocycles. The van der Waals surface area contributed by atoms with E-state index < -0.39 is 0 Å². The van der Waals surface area contributed by atoms with Crippen LogP contribution >= 0.6 is 0 Å². The molecule has 1 fully saturated rings. The Morgan fingerprint density at radius 3 is 2.24 bits per heavy atom. The Morgan fingerprint density at radius 2 is 1.76 bits per heavy atom. The minimum atomic E-state index is 0.291. The third-order valence-corrected chi connectivity index (χ3v) is 4.34. The monoisotopic (exact) mass is 235 g/mol. The standard InChI is InChI=1S/C13H21N3O/c1-8-14-9(7-10(15-8)17-6)16-11-12(2,3)13(11,4)5/h7,11H,1-6H3,(H,14,15,16). The molecule has 1 heterocycles. The van der Waals surface area contributed by atoms with Crippen LogP contribution in [-0.4, -0.2) is 23.1 Å². The molecule has 0 radical (unpaired) electrons. The molecule has 0 spiro atoms. The molecule has 0 unspecified atom stereocenters.